The van der Waals surface area contributed by atoms with Gasteiger partial charge >= 0.3 is 5.97 Å². The molecule has 0 unspecified atom stereocenters. The normalized spacial score (nSPS) is 13.7. The number of aromatic nitrogens is 1. The number of fused-ring (bicyclic) bond motifs is 1. The van der Waals surface area contributed by atoms with E-state index in [2.05, 4.69) is 16.9 Å². The summed E-state index contributed by atoms with van der Waals surface area (Å²) in [4.78, 5) is 54.1. The summed E-state index contributed by atoms with van der Waals surface area (Å²) >= 11 is 5.74. The molecule has 0 fully saturated rings. The third-order valence-corrected chi connectivity index (χ3v) is 4.37. The highest BCUT2D eigenvalue weighted by Gasteiger charge is 2.35. The second-order valence-electron chi connectivity index (χ2n) is 6.17. The average molecular weight is 414 g/mol. The van der Waals surface area contributed by atoms with Gasteiger partial charge in [-0.2, -0.15) is 0 Å². The van der Waals surface area contributed by atoms with Gasteiger partial charge in [0.05, 0.1) is 21.7 Å². The molecule has 0 saturated carbocycles. The maximum atomic E-state index is 12.4. The Labute approximate surface area is 171 Å². The Hall–Kier alpha value is -3.52. The molecule has 148 valence electrons. The van der Waals surface area contributed by atoms with Gasteiger partial charge in [0.2, 0.25) is 0 Å². The second-order valence-corrected chi connectivity index (χ2v) is 6.60. The SMILES string of the molecule is C=CCN1C(=O)c2ccc(C(=O)O[C@@H](C)C(=O)Nc3ccc(Cl)cn3)cc2C1=O. The Morgan fingerprint density at radius 1 is 1.24 bits per heavy atom. The molecule has 8 nitrogen and oxygen atoms in total. The number of nitrogens with zero attached hydrogens (tertiary/aromatic N) is 2. The van der Waals surface area contributed by atoms with Crippen molar-refractivity contribution in [3.05, 3.63) is 70.9 Å². The van der Waals surface area contributed by atoms with Gasteiger partial charge < -0.3 is 10.1 Å². The molecule has 1 aromatic heterocycles. The number of hydrogen-bond acceptors (Lipinski definition) is 6. The highest BCUT2D eigenvalue weighted by molar-refractivity contribution is 6.30. The molecule has 0 saturated heterocycles. The quantitative estimate of drug-likeness (QED) is 0.443. The number of carbonyl (C=O) groups is 4. The Kier molecular flexibility index (Phi) is 5.74. The van der Waals surface area contributed by atoms with Crippen molar-refractivity contribution in [2.75, 3.05) is 11.9 Å². The lowest BCUT2D eigenvalue weighted by Crippen LogP contribution is -2.30. The average Bonchev–Trinajstić information content (AvgIpc) is 2.94. The number of nitrogens with one attached hydrogen (secondary N) is 1. The number of halogens is 1. The van der Waals surface area contributed by atoms with Crippen molar-refractivity contribution in [1.82, 2.24) is 9.88 Å². The first kappa shape index (κ1) is 20.2. The number of amides is 3. The van der Waals surface area contributed by atoms with Crippen LogP contribution in [0.15, 0.2) is 49.2 Å². The monoisotopic (exact) mass is 413 g/mol. The van der Waals surface area contributed by atoms with E-state index < -0.39 is 29.8 Å². The number of esters is 1. The van der Waals surface area contributed by atoms with Crippen LogP contribution >= 0.6 is 11.6 Å². The summed E-state index contributed by atoms with van der Waals surface area (Å²) in [5.41, 5.74) is 0.358. The van der Waals surface area contributed by atoms with Gasteiger partial charge in [-0.05, 0) is 37.3 Å². The first-order valence-corrected chi connectivity index (χ1v) is 8.94. The minimum absolute atomic E-state index is 0.0506. The number of carbonyl (C=O) groups excluding carboxylic acids is 4. The van der Waals surface area contributed by atoms with E-state index in [4.69, 9.17) is 16.3 Å². The number of benzene rings is 1. The molecule has 1 N–H and O–H groups in total. The van der Waals surface area contributed by atoms with Crippen molar-refractivity contribution in [2.45, 2.75) is 13.0 Å². The molecule has 1 aromatic carbocycles. The number of anilines is 1. The largest absolute Gasteiger partial charge is 0.449 e. The van der Waals surface area contributed by atoms with Crippen molar-refractivity contribution in [1.29, 1.82) is 0 Å². The zero-order chi connectivity index (χ0) is 21.1. The van der Waals surface area contributed by atoms with Crippen LogP contribution in [0, 0.1) is 0 Å². The molecule has 9 heteroatoms. The van der Waals surface area contributed by atoms with E-state index in [1.54, 1.807) is 6.07 Å². The lowest BCUT2D eigenvalue weighted by Gasteiger charge is -2.13. The fourth-order valence-electron chi connectivity index (χ4n) is 2.67. The molecular weight excluding hydrogens is 398 g/mol. The summed E-state index contributed by atoms with van der Waals surface area (Å²) in [6.45, 7) is 4.99. The van der Waals surface area contributed by atoms with E-state index in [1.807, 2.05) is 0 Å². The number of pyridine rings is 1. The summed E-state index contributed by atoms with van der Waals surface area (Å²) in [5, 5.41) is 2.91. The first-order chi connectivity index (χ1) is 13.8. The van der Waals surface area contributed by atoms with Crippen LogP contribution in [0.4, 0.5) is 5.82 Å². The van der Waals surface area contributed by atoms with Gasteiger partial charge in [-0.3, -0.25) is 19.3 Å². The van der Waals surface area contributed by atoms with Crippen molar-refractivity contribution in [3.8, 4) is 0 Å². The van der Waals surface area contributed by atoms with Gasteiger partial charge in [-0.25, -0.2) is 9.78 Å². The van der Waals surface area contributed by atoms with Crippen LogP contribution in [0.25, 0.3) is 0 Å². The molecule has 1 atom stereocenters. The van der Waals surface area contributed by atoms with Crippen molar-refractivity contribution in [2.24, 2.45) is 0 Å². The van der Waals surface area contributed by atoms with Crippen LogP contribution < -0.4 is 5.32 Å². The fraction of sp³-hybridized carbons (Fsp3) is 0.150. The molecule has 1 aliphatic rings. The summed E-state index contributed by atoms with van der Waals surface area (Å²) in [5.74, 6) is -2.10. The highest BCUT2D eigenvalue weighted by atomic mass is 35.5. The lowest BCUT2D eigenvalue weighted by atomic mass is 10.1. The molecule has 2 heterocycles. The number of hydrogen-bond donors (Lipinski definition) is 1. The standard InChI is InChI=1S/C20H16ClN3O5/c1-3-8-24-18(26)14-6-4-12(9-15(14)19(24)27)20(28)29-11(2)17(25)23-16-7-5-13(21)10-22-16/h3-7,9-11H,1,8H2,2H3,(H,22,23,25)/t11-/m0/s1. The van der Waals surface area contributed by atoms with E-state index in [0.29, 0.717) is 5.02 Å². The molecule has 0 radical (unpaired) electrons. The third kappa shape index (κ3) is 4.17. The maximum Gasteiger partial charge on any atom is 0.338 e. The van der Waals surface area contributed by atoms with Crippen molar-refractivity contribution < 1.29 is 23.9 Å². The van der Waals surface area contributed by atoms with Gasteiger partial charge in [-0.1, -0.05) is 17.7 Å². The highest BCUT2D eigenvalue weighted by Crippen LogP contribution is 2.24. The summed E-state index contributed by atoms with van der Waals surface area (Å²) in [6, 6.07) is 7.10. The Morgan fingerprint density at radius 3 is 2.62 bits per heavy atom. The molecule has 0 spiro atoms. The predicted molar refractivity (Wildman–Crippen MR) is 105 cm³/mol. The molecule has 0 aliphatic carbocycles. The molecule has 3 rings (SSSR count). The summed E-state index contributed by atoms with van der Waals surface area (Å²) in [7, 11) is 0. The zero-order valence-corrected chi connectivity index (χ0v) is 16.1. The van der Waals surface area contributed by atoms with Gasteiger partial charge in [0, 0.05) is 12.7 Å². The van der Waals surface area contributed by atoms with Crippen LogP contribution in [-0.2, 0) is 9.53 Å². The number of rotatable bonds is 6. The lowest BCUT2D eigenvalue weighted by molar-refractivity contribution is -0.123. The Balaban J connectivity index is 1.69. The van der Waals surface area contributed by atoms with Crippen LogP contribution in [0.3, 0.4) is 0 Å². The third-order valence-electron chi connectivity index (χ3n) is 4.15. The first-order valence-electron chi connectivity index (χ1n) is 8.56. The van der Waals surface area contributed by atoms with E-state index in [-0.39, 0.29) is 29.1 Å². The van der Waals surface area contributed by atoms with Crippen LogP contribution in [0.1, 0.15) is 38.0 Å². The molecule has 0 bridgehead atoms. The number of ether oxygens (including phenoxy) is 1. The van der Waals surface area contributed by atoms with Gasteiger partial charge in [0.15, 0.2) is 6.10 Å². The van der Waals surface area contributed by atoms with Gasteiger partial charge in [0.1, 0.15) is 5.82 Å². The maximum absolute atomic E-state index is 12.4. The van der Waals surface area contributed by atoms with E-state index in [1.165, 1.54) is 43.5 Å². The minimum atomic E-state index is -1.12. The fourth-order valence-corrected chi connectivity index (χ4v) is 2.78. The summed E-state index contributed by atoms with van der Waals surface area (Å²) < 4.78 is 5.16. The Bertz CT molecular complexity index is 1020. The molecular formula is C20H16ClN3O5. The van der Waals surface area contributed by atoms with Gasteiger partial charge in [0.25, 0.3) is 17.7 Å². The topological polar surface area (TPSA) is 106 Å². The van der Waals surface area contributed by atoms with Gasteiger partial charge in [-0.15, -0.1) is 6.58 Å². The van der Waals surface area contributed by atoms with Crippen molar-refractivity contribution in [3.63, 3.8) is 0 Å². The zero-order valence-electron chi connectivity index (χ0n) is 15.3. The van der Waals surface area contributed by atoms with Crippen LogP contribution in [0.5, 0.6) is 0 Å². The minimum Gasteiger partial charge on any atom is -0.449 e. The molecule has 1 aliphatic heterocycles. The van der Waals surface area contributed by atoms with E-state index in [0.717, 1.165) is 4.90 Å². The number of imide groups is 1. The second kappa shape index (κ2) is 8.24. The van der Waals surface area contributed by atoms with Crippen LogP contribution in [0.2, 0.25) is 5.02 Å². The molecule has 29 heavy (non-hydrogen) atoms. The molecule has 3 amide bonds. The predicted octanol–water partition coefficient (Wildman–Crippen LogP) is 2.70. The molecule has 2 aromatic rings. The Morgan fingerprint density at radius 2 is 1.97 bits per heavy atom. The smallest absolute Gasteiger partial charge is 0.338 e. The van der Waals surface area contributed by atoms with E-state index >= 15 is 0 Å². The van der Waals surface area contributed by atoms with Crippen LogP contribution in [-0.4, -0.2) is 46.2 Å². The summed E-state index contributed by atoms with van der Waals surface area (Å²) in [6.07, 6.45) is 1.68. The van der Waals surface area contributed by atoms with E-state index in [9.17, 15) is 19.2 Å². The van der Waals surface area contributed by atoms with Crippen molar-refractivity contribution >= 4 is 41.1 Å².